The standard InChI is InChI=1S/C17H27N3O/c1-11-5-7-14(9-12(11)2)19-17(21)15-10-13(18)6-8-16(15)20(3)4/h6,8,10-12,14H,5,7,9,18H2,1-4H3,(H,19,21). The summed E-state index contributed by atoms with van der Waals surface area (Å²) in [6.45, 7) is 4.57. The van der Waals surface area contributed by atoms with Crippen molar-refractivity contribution in [2.24, 2.45) is 11.8 Å². The lowest BCUT2D eigenvalue weighted by atomic mass is 9.79. The molecule has 1 aromatic carbocycles. The molecule has 1 aliphatic carbocycles. The number of nitrogens with zero attached hydrogens (tertiary/aromatic N) is 1. The van der Waals surface area contributed by atoms with Crippen molar-refractivity contribution in [2.75, 3.05) is 24.7 Å². The van der Waals surface area contributed by atoms with E-state index < -0.39 is 0 Å². The minimum Gasteiger partial charge on any atom is -0.399 e. The number of carbonyl (C=O) groups is 1. The molecule has 0 bridgehead atoms. The van der Waals surface area contributed by atoms with Crippen LogP contribution in [0.1, 0.15) is 43.5 Å². The van der Waals surface area contributed by atoms with Gasteiger partial charge in [0.2, 0.25) is 0 Å². The van der Waals surface area contributed by atoms with Gasteiger partial charge in [0.1, 0.15) is 0 Å². The van der Waals surface area contributed by atoms with Crippen LogP contribution in [0.25, 0.3) is 0 Å². The third kappa shape index (κ3) is 3.69. The van der Waals surface area contributed by atoms with Crippen molar-refractivity contribution in [3.8, 4) is 0 Å². The van der Waals surface area contributed by atoms with Crippen LogP contribution >= 0.6 is 0 Å². The van der Waals surface area contributed by atoms with Crippen molar-refractivity contribution in [1.82, 2.24) is 5.32 Å². The van der Waals surface area contributed by atoms with Crippen LogP contribution in [-0.2, 0) is 0 Å². The normalized spacial score (nSPS) is 25.4. The quantitative estimate of drug-likeness (QED) is 0.841. The monoisotopic (exact) mass is 289 g/mol. The van der Waals surface area contributed by atoms with Crippen LogP contribution in [0, 0.1) is 11.8 Å². The van der Waals surface area contributed by atoms with Crippen LogP contribution in [-0.4, -0.2) is 26.0 Å². The largest absolute Gasteiger partial charge is 0.399 e. The van der Waals surface area contributed by atoms with Gasteiger partial charge in [-0.2, -0.15) is 0 Å². The highest BCUT2D eigenvalue weighted by molar-refractivity contribution is 6.00. The van der Waals surface area contributed by atoms with Gasteiger partial charge in [-0.15, -0.1) is 0 Å². The predicted octanol–water partition coefficient (Wildman–Crippen LogP) is 2.89. The maximum absolute atomic E-state index is 12.6. The van der Waals surface area contributed by atoms with Crippen molar-refractivity contribution in [2.45, 2.75) is 39.2 Å². The molecular weight excluding hydrogens is 262 g/mol. The van der Waals surface area contributed by atoms with Crippen LogP contribution in [0.3, 0.4) is 0 Å². The zero-order chi connectivity index (χ0) is 15.6. The fourth-order valence-electron chi connectivity index (χ4n) is 3.07. The van der Waals surface area contributed by atoms with Gasteiger partial charge in [-0.25, -0.2) is 0 Å². The third-order valence-electron chi connectivity index (χ3n) is 4.68. The predicted molar refractivity (Wildman–Crippen MR) is 88.6 cm³/mol. The van der Waals surface area contributed by atoms with Crippen molar-refractivity contribution in [1.29, 1.82) is 0 Å². The lowest BCUT2D eigenvalue weighted by Crippen LogP contribution is -2.40. The summed E-state index contributed by atoms with van der Waals surface area (Å²) in [6.07, 6.45) is 3.31. The molecule has 3 N–H and O–H groups in total. The fourth-order valence-corrected chi connectivity index (χ4v) is 3.07. The van der Waals surface area contributed by atoms with Crippen molar-refractivity contribution in [3.05, 3.63) is 23.8 Å². The molecule has 1 fully saturated rings. The minimum atomic E-state index is -0.0160. The van der Waals surface area contributed by atoms with Gasteiger partial charge >= 0.3 is 0 Å². The van der Waals surface area contributed by atoms with E-state index in [-0.39, 0.29) is 11.9 Å². The molecule has 0 radical (unpaired) electrons. The molecule has 1 saturated carbocycles. The molecular formula is C17H27N3O. The molecule has 3 unspecified atom stereocenters. The molecule has 4 nitrogen and oxygen atoms in total. The summed E-state index contributed by atoms with van der Waals surface area (Å²) >= 11 is 0. The van der Waals surface area contributed by atoms with Crippen molar-refractivity contribution in [3.63, 3.8) is 0 Å². The van der Waals surface area contributed by atoms with Gasteiger partial charge in [0.15, 0.2) is 0 Å². The average Bonchev–Trinajstić information content (AvgIpc) is 2.42. The van der Waals surface area contributed by atoms with Crippen LogP contribution < -0.4 is 16.0 Å². The van der Waals surface area contributed by atoms with Crippen LogP contribution in [0.2, 0.25) is 0 Å². The van der Waals surface area contributed by atoms with Gasteiger partial charge in [0.05, 0.1) is 5.56 Å². The first-order chi connectivity index (χ1) is 9.88. The summed E-state index contributed by atoms with van der Waals surface area (Å²) < 4.78 is 0. The molecule has 3 atom stereocenters. The molecule has 1 aromatic rings. The number of hydrogen-bond donors (Lipinski definition) is 2. The summed E-state index contributed by atoms with van der Waals surface area (Å²) in [4.78, 5) is 14.5. The number of rotatable bonds is 3. The van der Waals surface area contributed by atoms with E-state index in [0.717, 1.165) is 24.4 Å². The first kappa shape index (κ1) is 15.7. The van der Waals surface area contributed by atoms with E-state index in [2.05, 4.69) is 19.2 Å². The number of nitrogen functional groups attached to an aromatic ring is 1. The van der Waals surface area contributed by atoms with Gasteiger partial charge in [0, 0.05) is 31.5 Å². The molecule has 1 aliphatic rings. The molecule has 4 heteroatoms. The number of amides is 1. The maximum atomic E-state index is 12.6. The summed E-state index contributed by atoms with van der Waals surface area (Å²) in [5.74, 6) is 1.40. The highest BCUT2D eigenvalue weighted by atomic mass is 16.1. The van der Waals surface area contributed by atoms with Gasteiger partial charge < -0.3 is 16.0 Å². The van der Waals surface area contributed by atoms with Gasteiger partial charge in [-0.1, -0.05) is 13.8 Å². The second kappa shape index (κ2) is 6.37. The first-order valence-corrected chi connectivity index (χ1v) is 7.76. The lowest BCUT2D eigenvalue weighted by Gasteiger charge is -2.32. The highest BCUT2D eigenvalue weighted by Gasteiger charge is 2.26. The van der Waals surface area contributed by atoms with Crippen molar-refractivity contribution >= 4 is 17.3 Å². The molecule has 0 saturated heterocycles. The Labute approximate surface area is 127 Å². The number of carbonyl (C=O) groups excluding carboxylic acids is 1. The average molecular weight is 289 g/mol. The van der Waals surface area contributed by atoms with Crippen LogP contribution in [0.4, 0.5) is 11.4 Å². The maximum Gasteiger partial charge on any atom is 0.253 e. The van der Waals surface area contributed by atoms with E-state index in [9.17, 15) is 4.79 Å². The Hall–Kier alpha value is -1.71. The topological polar surface area (TPSA) is 58.4 Å². The number of nitrogens with one attached hydrogen (secondary N) is 1. The lowest BCUT2D eigenvalue weighted by molar-refractivity contribution is 0.0911. The SMILES string of the molecule is CC1CCC(NC(=O)c2cc(N)ccc2N(C)C)CC1C. The van der Waals surface area contributed by atoms with Crippen LogP contribution in [0.15, 0.2) is 18.2 Å². The third-order valence-corrected chi connectivity index (χ3v) is 4.68. The zero-order valence-electron chi connectivity index (χ0n) is 13.5. The molecule has 0 spiro atoms. The molecule has 116 valence electrons. The Morgan fingerprint density at radius 2 is 1.95 bits per heavy atom. The smallest absolute Gasteiger partial charge is 0.253 e. The zero-order valence-corrected chi connectivity index (χ0v) is 13.5. The van der Waals surface area contributed by atoms with E-state index in [0.29, 0.717) is 17.2 Å². The van der Waals surface area contributed by atoms with Gasteiger partial charge in [-0.05, 0) is 49.3 Å². The number of nitrogens with two attached hydrogens (primary N) is 1. The highest BCUT2D eigenvalue weighted by Crippen LogP contribution is 2.30. The Kier molecular flexibility index (Phi) is 4.76. The summed E-state index contributed by atoms with van der Waals surface area (Å²) in [5, 5.41) is 3.19. The van der Waals surface area contributed by atoms with Crippen LogP contribution in [0.5, 0.6) is 0 Å². The fraction of sp³-hybridized carbons (Fsp3) is 0.588. The molecule has 0 aliphatic heterocycles. The van der Waals surface area contributed by atoms with Crippen molar-refractivity contribution < 1.29 is 4.79 Å². The summed E-state index contributed by atoms with van der Waals surface area (Å²) in [5.41, 5.74) is 8.02. The van der Waals surface area contributed by atoms with E-state index in [1.165, 1.54) is 6.42 Å². The van der Waals surface area contributed by atoms with Gasteiger partial charge in [0.25, 0.3) is 5.91 Å². The molecule has 0 aromatic heterocycles. The molecule has 2 rings (SSSR count). The Balaban J connectivity index is 2.12. The number of benzene rings is 1. The Morgan fingerprint density at radius 3 is 2.57 bits per heavy atom. The van der Waals surface area contributed by atoms with E-state index >= 15 is 0 Å². The molecule has 0 heterocycles. The number of anilines is 2. The molecule has 1 amide bonds. The van der Waals surface area contributed by atoms with Gasteiger partial charge in [-0.3, -0.25) is 4.79 Å². The summed E-state index contributed by atoms with van der Waals surface area (Å²) in [7, 11) is 3.87. The Morgan fingerprint density at radius 1 is 1.24 bits per heavy atom. The van der Waals surface area contributed by atoms with E-state index in [1.54, 1.807) is 6.07 Å². The Bertz CT molecular complexity index is 513. The second-order valence-electron chi connectivity index (χ2n) is 6.61. The second-order valence-corrected chi connectivity index (χ2v) is 6.61. The van der Waals surface area contributed by atoms with E-state index in [1.807, 2.05) is 31.1 Å². The minimum absolute atomic E-state index is 0.0160. The molecule has 21 heavy (non-hydrogen) atoms. The summed E-state index contributed by atoms with van der Waals surface area (Å²) in [6, 6.07) is 5.77. The number of hydrogen-bond acceptors (Lipinski definition) is 3. The first-order valence-electron chi connectivity index (χ1n) is 7.76. The van der Waals surface area contributed by atoms with E-state index in [4.69, 9.17) is 5.73 Å².